The minimum Gasteiger partial charge on any atom is -0.336 e. The highest BCUT2D eigenvalue weighted by molar-refractivity contribution is 7.14. The van der Waals surface area contributed by atoms with Gasteiger partial charge in [-0.25, -0.2) is 14.8 Å². The molecule has 0 bridgehead atoms. The number of aromatic nitrogens is 5. The molecule has 10 heteroatoms. The van der Waals surface area contributed by atoms with Crippen molar-refractivity contribution < 1.29 is 4.79 Å². The molecule has 30 heavy (non-hydrogen) atoms. The van der Waals surface area contributed by atoms with Crippen LogP contribution in [0.15, 0.2) is 60.8 Å². The van der Waals surface area contributed by atoms with Crippen LogP contribution in [0.4, 0.5) is 21.3 Å². The summed E-state index contributed by atoms with van der Waals surface area (Å²) < 4.78 is 3.91. The van der Waals surface area contributed by atoms with Gasteiger partial charge in [0, 0.05) is 54.9 Å². The van der Waals surface area contributed by atoms with Crippen LogP contribution in [0.3, 0.4) is 0 Å². The number of hydrogen-bond donors (Lipinski definition) is 2. The molecule has 0 spiro atoms. The molecule has 4 aromatic rings. The summed E-state index contributed by atoms with van der Waals surface area (Å²) in [4.78, 5) is 22.3. The van der Waals surface area contributed by atoms with E-state index >= 15 is 0 Å². The standard InChI is InChI=1S/C20H20N8OS/c29-20-22-6-8-28(20)17-3-1-15(2-4-17)18-13-30-19(25-18)24-16-11-23-27(12-16)10-9-26-7-5-21-14-26/h1-5,7,11-14H,6,8-10H2,(H,22,29)(H,24,25). The summed E-state index contributed by atoms with van der Waals surface area (Å²) in [7, 11) is 0. The van der Waals surface area contributed by atoms with Crippen LogP contribution >= 0.6 is 11.3 Å². The van der Waals surface area contributed by atoms with Gasteiger partial charge in [-0.05, 0) is 12.1 Å². The van der Waals surface area contributed by atoms with E-state index in [0.29, 0.717) is 13.1 Å². The van der Waals surface area contributed by atoms with Crippen LogP contribution in [0.5, 0.6) is 0 Å². The molecule has 1 saturated heterocycles. The number of aryl methyl sites for hydroxylation is 2. The van der Waals surface area contributed by atoms with Crippen molar-refractivity contribution in [2.45, 2.75) is 13.1 Å². The van der Waals surface area contributed by atoms with E-state index in [4.69, 9.17) is 0 Å². The Bertz CT molecular complexity index is 1130. The van der Waals surface area contributed by atoms with E-state index in [9.17, 15) is 4.79 Å². The van der Waals surface area contributed by atoms with Crippen LogP contribution in [0.1, 0.15) is 0 Å². The molecule has 0 saturated carbocycles. The number of hydrogen-bond acceptors (Lipinski definition) is 6. The Kier molecular flexibility index (Phi) is 4.89. The van der Waals surface area contributed by atoms with Crippen LogP contribution < -0.4 is 15.5 Å². The highest BCUT2D eigenvalue weighted by Crippen LogP contribution is 2.28. The highest BCUT2D eigenvalue weighted by Gasteiger charge is 2.20. The van der Waals surface area contributed by atoms with Crippen molar-refractivity contribution in [2.75, 3.05) is 23.3 Å². The molecule has 9 nitrogen and oxygen atoms in total. The van der Waals surface area contributed by atoms with Gasteiger partial charge in [-0.2, -0.15) is 5.10 Å². The lowest BCUT2D eigenvalue weighted by Gasteiger charge is -2.14. The van der Waals surface area contributed by atoms with Gasteiger partial charge < -0.3 is 15.2 Å². The quantitative estimate of drug-likeness (QED) is 0.479. The number of amides is 2. The first-order chi connectivity index (χ1) is 14.7. The minimum absolute atomic E-state index is 0.0477. The summed E-state index contributed by atoms with van der Waals surface area (Å²) in [6, 6.07) is 7.85. The van der Waals surface area contributed by atoms with Gasteiger partial charge in [0.25, 0.3) is 0 Å². The zero-order valence-corrected chi connectivity index (χ0v) is 16.9. The highest BCUT2D eigenvalue weighted by atomic mass is 32.1. The second kappa shape index (κ2) is 7.99. The molecule has 5 rings (SSSR count). The SMILES string of the molecule is O=C1NCCN1c1ccc(-c2csc(Nc3cnn(CCn4ccnc4)c3)n2)cc1. The summed E-state index contributed by atoms with van der Waals surface area (Å²) in [5.74, 6) is 0. The van der Waals surface area contributed by atoms with Crippen molar-refractivity contribution in [3.63, 3.8) is 0 Å². The zero-order valence-electron chi connectivity index (χ0n) is 16.1. The monoisotopic (exact) mass is 420 g/mol. The van der Waals surface area contributed by atoms with Crippen molar-refractivity contribution in [2.24, 2.45) is 0 Å². The minimum atomic E-state index is -0.0477. The third-order valence-corrected chi connectivity index (χ3v) is 5.62. The zero-order chi connectivity index (χ0) is 20.3. The molecule has 4 heterocycles. The van der Waals surface area contributed by atoms with E-state index in [1.54, 1.807) is 35.0 Å². The fourth-order valence-corrected chi connectivity index (χ4v) is 4.04. The molecule has 2 amide bonds. The van der Waals surface area contributed by atoms with E-state index in [0.717, 1.165) is 40.9 Å². The van der Waals surface area contributed by atoms with Gasteiger partial charge in [-0.1, -0.05) is 12.1 Å². The predicted molar refractivity (Wildman–Crippen MR) is 116 cm³/mol. The maximum atomic E-state index is 11.8. The lowest BCUT2D eigenvalue weighted by Crippen LogP contribution is -2.27. The Morgan fingerprint density at radius 2 is 2.10 bits per heavy atom. The van der Waals surface area contributed by atoms with Crippen molar-refractivity contribution >= 4 is 33.9 Å². The summed E-state index contributed by atoms with van der Waals surface area (Å²) in [6.07, 6.45) is 9.27. The molecule has 152 valence electrons. The summed E-state index contributed by atoms with van der Waals surface area (Å²) in [6.45, 7) is 2.96. The molecule has 1 fully saturated rings. The average molecular weight is 421 g/mol. The van der Waals surface area contributed by atoms with Crippen molar-refractivity contribution in [1.82, 2.24) is 29.6 Å². The third kappa shape index (κ3) is 3.90. The first-order valence-electron chi connectivity index (χ1n) is 9.61. The van der Waals surface area contributed by atoms with E-state index in [1.165, 1.54) is 0 Å². The van der Waals surface area contributed by atoms with Crippen LogP contribution in [-0.2, 0) is 13.1 Å². The lowest BCUT2D eigenvalue weighted by molar-refractivity contribution is 0.252. The maximum Gasteiger partial charge on any atom is 0.321 e. The number of carbonyl (C=O) groups excluding carboxylic acids is 1. The number of rotatable bonds is 7. The largest absolute Gasteiger partial charge is 0.336 e. The summed E-state index contributed by atoms with van der Waals surface area (Å²) in [5, 5.41) is 13.3. The second-order valence-corrected chi connectivity index (χ2v) is 7.74. The maximum absolute atomic E-state index is 11.8. The number of thiazole rings is 1. The Hall–Kier alpha value is -3.66. The predicted octanol–water partition coefficient (Wildman–Crippen LogP) is 3.18. The van der Waals surface area contributed by atoms with Crippen molar-refractivity contribution in [3.8, 4) is 11.3 Å². The number of carbonyl (C=O) groups is 1. The lowest BCUT2D eigenvalue weighted by atomic mass is 10.1. The normalized spacial score (nSPS) is 13.6. The van der Waals surface area contributed by atoms with Gasteiger partial charge in [-0.3, -0.25) is 9.58 Å². The number of imidazole rings is 1. The average Bonchev–Trinajstić information content (AvgIpc) is 3.56. The van der Waals surface area contributed by atoms with Crippen LogP contribution in [0.25, 0.3) is 11.3 Å². The van der Waals surface area contributed by atoms with Gasteiger partial charge >= 0.3 is 6.03 Å². The van der Waals surface area contributed by atoms with Crippen molar-refractivity contribution in [3.05, 3.63) is 60.8 Å². The van der Waals surface area contributed by atoms with E-state index < -0.39 is 0 Å². The fraction of sp³-hybridized carbons (Fsp3) is 0.200. The van der Waals surface area contributed by atoms with Crippen LogP contribution in [0.2, 0.25) is 0 Å². The van der Waals surface area contributed by atoms with E-state index in [-0.39, 0.29) is 6.03 Å². The van der Waals surface area contributed by atoms with Crippen molar-refractivity contribution in [1.29, 1.82) is 0 Å². The molecule has 1 aliphatic rings. The molecule has 0 unspecified atom stereocenters. The van der Waals surface area contributed by atoms with Crippen LogP contribution in [0, 0.1) is 0 Å². The first kappa shape index (κ1) is 18.4. The number of anilines is 3. The smallest absolute Gasteiger partial charge is 0.321 e. The van der Waals surface area contributed by atoms with Gasteiger partial charge in [0.05, 0.1) is 30.5 Å². The number of urea groups is 1. The first-order valence-corrected chi connectivity index (χ1v) is 10.5. The molecule has 0 aliphatic carbocycles. The fourth-order valence-electron chi connectivity index (χ4n) is 3.30. The van der Waals surface area contributed by atoms with Gasteiger partial charge in [0.2, 0.25) is 0 Å². The number of nitrogens with zero attached hydrogens (tertiary/aromatic N) is 6. The summed E-state index contributed by atoms with van der Waals surface area (Å²) >= 11 is 1.54. The summed E-state index contributed by atoms with van der Waals surface area (Å²) in [5.41, 5.74) is 3.70. The topological polar surface area (TPSA) is 92.9 Å². The Morgan fingerprint density at radius 1 is 1.20 bits per heavy atom. The van der Waals surface area contributed by atoms with E-state index in [2.05, 4.69) is 25.7 Å². The Balaban J connectivity index is 1.22. The van der Waals surface area contributed by atoms with Gasteiger partial charge in [-0.15, -0.1) is 11.3 Å². The number of nitrogens with one attached hydrogen (secondary N) is 2. The molecule has 2 N–H and O–H groups in total. The van der Waals surface area contributed by atoms with Crippen LogP contribution in [-0.4, -0.2) is 43.4 Å². The molecule has 0 radical (unpaired) electrons. The van der Waals surface area contributed by atoms with E-state index in [1.807, 2.05) is 51.3 Å². The molecular formula is C20H20N8OS. The molecular weight excluding hydrogens is 400 g/mol. The Morgan fingerprint density at radius 3 is 2.87 bits per heavy atom. The number of benzene rings is 1. The molecule has 0 atom stereocenters. The second-order valence-electron chi connectivity index (χ2n) is 6.89. The van der Waals surface area contributed by atoms with Gasteiger partial charge in [0.15, 0.2) is 5.13 Å². The molecule has 3 aromatic heterocycles. The Labute approximate surface area is 177 Å². The molecule has 1 aromatic carbocycles. The molecule has 1 aliphatic heterocycles. The third-order valence-electron chi connectivity index (χ3n) is 4.87. The van der Waals surface area contributed by atoms with Gasteiger partial charge in [0.1, 0.15) is 0 Å².